The molecule has 0 spiro atoms. The fraction of sp³-hybridized carbons (Fsp3) is 0.200. The Bertz CT molecular complexity index is 716. The largest absolute Gasteiger partial charge is 0.573 e. The average molecular weight is 359 g/mol. The molecule has 1 atom stereocenters. The van der Waals surface area contributed by atoms with Crippen LogP contribution < -0.4 is 4.74 Å². The second-order valence-electron chi connectivity index (χ2n) is 4.57. The monoisotopic (exact) mass is 359 g/mol. The molecule has 0 fully saturated rings. The first kappa shape index (κ1) is 18.0. The number of nitrogens with zero attached hydrogens (tertiary/aromatic N) is 1. The highest BCUT2D eigenvalue weighted by atomic mass is 32.1. The molecule has 0 radical (unpaired) electrons. The van der Waals surface area contributed by atoms with Crippen LogP contribution in [0.3, 0.4) is 0 Å². The van der Waals surface area contributed by atoms with Gasteiger partial charge in [0.25, 0.3) is 0 Å². The maximum Gasteiger partial charge on any atom is 0.573 e. The summed E-state index contributed by atoms with van der Waals surface area (Å²) in [6.45, 7) is 3.16. The maximum atomic E-state index is 12.2. The normalized spacial score (nSPS) is 12.5. The summed E-state index contributed by atoms with van der Waals surface area (Å²) in [5.74, 6) is -1.29. The van der Waals surface area contributed by atoms with Crippen molar-refractivity contribution in [1.29, 1.82) is 0 Å². The minimum Gasteiger partial charge on any atom is -0.457 e. The van der Waals surface area contributed by atoms with Gasteiger partial charge in [0.15, 0.2) is 0 Å². The van der Waals surface area contributed by atoms with Crippen LogP contribution in [-0.2, 0) is 16.1 Å². The Hall–Kier alpha value is -2.39. The van der Waals surface area contributed by atoms with Crippen molar-refractivity contribution in [2.24, 2.45) is 0 Å². The summed E-state index contributed by atoms with van der Waals surface area (Å²) in [7, 11) is 0. The molecule has 1 unspecified atom stereocenters. The van der Waals surface area contributed by atoms with Gasteiger partial charge in [0.1, 0.15) is 23.5 Å². The summed E-state index contributed by atoms with van der Waals surface area (Å²) >= 11 is 1.15. The van der Waals surface area contributed by atoms with Crippen molar-refractivity contribution >= 4 is 17.3 Å². The minimum absolute atomic E-state index is 0.215. The molecule has 5 nitrogen and oxygen atoms in total. The SMILES string of the molecule is C=C(C(=O)OCc1cccc(OC(F)(F)F)c1)C(O)c1nccs1. The Balaban J connectivity index is 1.94. The van der Waals surface area contributed by atoms with Crippen molar-refractivity contribution in [3.63, 3.8) is 0 Å². The van der Waals surface area contributed by atoms with Crippen molar-refractivity contribution in [3.05, 3.63) is 58.6 Å². The molecule has 0 bridgehead atoms. The number of hydrogen-bond donors (Lipinski definition) is 1. The van der Waals surface area contributed by atoms with E-state index < -0.39 is 24.2 Å². The molecule has 1 aromatic carbocycles. The second kappa shape index (κ2) is 7.45. The zero-order valence-corrected chi connectivity index (χ0v) is 12.9. The van der Waals surface area contributed by atoms with E-state index in [-0.39, 0.29) is 17.2 Å². The molecule has 9 heteroatoms. The Morgan fingerprint density at radius 1 is 1.42 bits per heavy atom. The van der Waals surface area contributed by atoms with Crippen molar-refractivity contribution in [1.82, 2.24) is 4.98 Å². The number of esters is 1. The predicted octanol–water partition coefficient (Wildman–Crippen LogP) is 3.37. The first-order valence-electron chi connectivity index (χ1n) is 6.54. The third kappa shape index (κ3) is 5.07. The third-order valence-electron chi connectivity index (χ3n) is 2.78. The molecule has 2 aromatic rings. The highest BCUT2D eigenvalue weighted by Crippen LogP contribution is 2.25. The van der Waals surface area contributed by atoms with Gasteiger partial charge in [-0.05, 0) is 17.7 Å². The van der Waals surface area contributed by atoms with E-state index in [1.165, 1.54) is 18.3 Å². The van der Waals surface area contributed by atoms with Gasteiger partial charge in [-0.15, -0.1) is 24.5 Å². The molecular weight excluding hydrogens is 347 g/mol. The molecule has 0 saturated carbocycles. The predicted molar refractivity (Wildman–Crippen MR) is 79.1 cm³/mol. The van der Waals surface area contributed by atoms with E-state index >= 15 is 0 Å². The highest BCUT2D eigenvalue weighted by molar-refractivity contribution is 7.09. The van der Waals surface area contributed by atoms with Crippen molar-refractivity contribution in [3.8, 4) is 5.75 Å². The number of halogens is 3. The quantitative estimate of drug-likeness (QED) is 0.633. The van der Waals surface area contributed by atoms with Crippen LogP contribution in [0.4, 0.5) is 13.2 Å². The van der Waals surface area contributed by atoms with Crippen LogP contribution in [0.1, 0.15) is 16.7 Å². The maximum absolute atomic E-state index is 12.2. The summed E-state index contributed by atoms with van der Waals surface area (Å²) < 4.78 is 45.2. The van der Waals surface area contributed by atoms with Crippen molar-refractivity contribution < 1.29 is 32.5 Å². The van der Waals surface area contributed by atoms with Gasteiger partial charge in [-0.2, -0.15) is 0 Å². The first-order valence-corrected chi connectivity index (χ1v) is 7.42. The Labute approximate surface area is 139 Å². The lowest BCUT2D eigenvalue weighted by Gasteiger charge is -2.12. The fourth-order valence-corrected chi connectivity index (χ4v) is 2.36. The number of ether oxygens (including phenoxy) is 2. The molecule has 2 rings (SSSR count). The zero-order chi connectivity index (χ0) is 17.7. The smallest absolute Gasteiger partial charge is 0.457 e. The van der Waals surface area contributed by atoms with Gasteiger partial charge in [0.05, 0.1) is 5.57 Å². The Morgan fingerprint density at radius 2 is 2.17 bits per heavy atom. The van der Waals surface area contributed by atoms with Crippen LogP contribution in [0.5, 0.6) is 5.75 Å². The molecule has 0 aliphatic carbocycles. The first-order chi connectivity index (χ1) is 11.3. The second-order valence-corrected chi connectivity index (χ2v) is 5.50. The number of aliphatic hydroxyl groups excluding tert-OH is 1. The van der Waals surface area contributed by atoms with Crippen LogP contribution in [0, 0.1) is 0 Å². The molecule has 0 amide bonds. The van der Waals surface area contributed by atoms with E-state index in [1.54, 1.807) is 5.38 Å². The molecular formula is C15H12F3NO4S. The lowest BCUT2D eigenvalue weighted by Crippen LogP contribution is -2.17. The summed E-state index contributed by atoms with van der Waals surface area (Å²) in [5, 5.41) is 11.8. The molecule has 1 heterocycles. The van der Waals surface area contributed by atoms with Gasteiger partial charge < -0.3 is 14.6 Å². The topological polar surface area (TPSA) is 68.7 Å². The van der Waals surface area contributed by atoms with E-state index in [2.05, 4.69) is 16.3 Å². The average Bonchev–Trinajstić information content (AvgIpc) is 3.04. The number of thiazole rings is 1. The van der Waals surface area contributed by atoms with Gasteiger partial charge in [0.2, 0.25) is 0 Å². The number of carbonyl (C=O) groups excluding carboxylic acids is 1. The van der Waals surface area contributed by atoms with Crippen LogP contribution in [0.15, 0.2) is 48.0 Å². The van der Waals surface area contributed by atoms with Crippen molar-refractivity contribution in [2.75, 3.05) is 0 Å². The number of benzene rings is 1. The summed E-state index contributed by atoms with van der Waals surface area (Å²) in [6, 6.07) is 5.03. The van der Waals surface area contributed by atoms with E-state index in [4.69, 9.17) is 4.74 Å². The van der Waals surface area contributed by atoms with Crippen LogP contribution >= 0.6 is 11.3 Å². The van der Waals surface area contributed by atoms with E-state index in [9.17, 15) is 23.1 Å². The number of carbonyl (C=O) groups is 1. The summed E-state index contributed by atoms with van der Waals surface area (Å²) in [6.07, 6.45) is -4.63. The van der Waals surface area contributed by atoms with E-state index in [0.29, 0.717) is 5.56 Å². The Morgan fingerprint density at radius 3 is 2.79 bits per heavy atom. The molecule has 1 aromatic heterocycles. The van der Waals surface area contributed by atoms with Gasteiger partial charge >= 0.3 is 12.3 Å². The summed E-state index contributed by atoms with van der Waals surface area (Å²) in [4.78, 5) is 15.7. The lowest BCUT2D eigenvalue weighted by molar-refractivity contribution is -0.274. The lowest BCUT2D eigenvalue weighted by atomic mass is 10.2. The standard InChI is InChI=1S/C15H12F3NO4S/c1-9(12(20)13-19-5-6-24-13)14(21)22-8-10-3-2-4-11(7-10)23-15(16,17)18/h2-7,12,20H,1,8H2. The van der Waals surface area contributed by atoms with Gasteiger partial charge in [-0.1, -0.05) is 18.7 Å². The van der Waals surface area contributed by atoms with Crippen LogP contribution in [0.2, 0.25) is 0 Å². The number of aromatic nitrogens is 1. The van der Waals surface area contributed by atoms with E-state index in [0.717, 1.165) is 23.5 Å². The van der Waals surface area contributed by atoms with Gasteiger partial charge in [-0.25, -0.2) is 9.78 Å². The summed E-state index contributed by atoms with van der Waals surface area (Å²) in [5.41, 5.74) is 0.0780. The molecule has 0 aliphatic rings. The number of aliphatic hydroxyl groups is 1. The van der Waals surface area contributed by atoms with E-state index in [1.807, 2.05) is 0 Å². The highest BCUT2D eigenvalue weighted by Gasteiger charge is 2.31. The molecule has 0 aliphatic heterocycles. The fourth-order valence-electron chi connectivity index (χ4n) is 1.70. The number of alkyl halides is 3. The zero-order valence-electron chi connectivity index (χ0n) is 12.1. The minimum atomic E-state index is -4.80. The molecule has 1 N–H and O–H groups in total. The molecule has 128 valence electrons. The molecule has 0 saturated heterocycles. The molecule has 24 heavy (non-hydrogen) atoms. The Kier molecular flexibility index (Phi) is 5.58. The van der Waals surface area contributed by atoms with Crippen LogP contribution in [-0.4, -0.2) is 22.4 Å². The third-order valence-corrected chi connectivity index (χ3v) is 3.61. The number of rotatable bonds is 6. The van der Waals surface area contributed by atoms with Gasteiger partial charge in [-0.3, -0.25) is 0 Å². The van der Waals surface area contributed by atoms with Crippen molar-refractivity contribution in [2.45, 2.75) is 19.1 Å². The number of hydrogen-bond acceptors (Lipinski definition) is 6. The van der Waals surface area contributed by atoms with Crippen LogP contribution in [0.25, 0.3) is 0 Å². The van der Waals surface area contributed by atoms with Gasteiger partial charge in [0, 0.05) is 11.6 Å².